The van der Waals surface area contributed by atoms with E-state index in [1.54, 1.807) is 0 Å². The standard InChI is InChI=1S/C17H20N2/c1-13-5-4-10-18-17(13)12-19-16-9-8-14-6-2-3-7-15(14)11-16/h2-7,10,16,19H,8-9,11-12H2,1H3. The number of benzene rings is 1. The van der Waals surface area contributed by atoms with Gasteiger partial charge in [-0.15, -0.1) is 0 Å². The number of aryl methyl sites for hydroxylation is 2. The normalized spacial score (nSPS) is 18.1. The predicted molar refractivity (Wildman–Crippen MR) is 78.1 cm³/mol. The van der Waals surface area contributed by atoms with E-state index in [4.69, 9.17) is 0 Å². The third kappa shape index (κ3) is 2.85. The van der Waals surface area contributed by atoms with Crippen LogP contribution in [0.5, 0.6) is 0 Å². The van der Waals surface area contributed by atoms with Gasteiger partial charge in [0.15, 0.2) is 0 Å². The van der Waals surface area contributed by atoms with Gasteiger partial charge >= 0.3 is 0 Å². The maximum atomic E-state index is 4.44. The van der Waals surface area contributed by atoms with Crippen LogP contribution in [-0.2, 0) is 19.4 Å². The Morgan fingerprint density at radius 3 is 2.84 bits per heavy atom. The molecule has 0 aliphatic heterocycles. The molecule has 1 atom stereocenters. The molecular formula is C17H20N2. The summed E-state index contributed by atoms with van der Waals surface area (Å²) in [5.41, 5.74) is 5.46. The molecule has 0 saturated carbocycles. The summed E-state index contributed by atoms with van der Waals surface area (Å²) < 4.78 is 0. The first-order valence-electron chi connectivity index (χ1n) is 7.03. The Morgan fingerprint density at radius 1 is 1.16 bits per heavy atom. The first-order chi connectivity index (χ1) is 9.33. The lowest BCUT2D eigenvalue weighted by Crippen LogP contribution is -2.34. The summed E-state index contributed by atoms with van der Waals surface area (Å²) in [5.74, 6) is 0. The van der Waals surface area contributed by atoms with Crippen LogP contribution in [0.2, 0.25) is 0 Å². The number of nitrogens with one attached hydrogen (secondary N) is 1. The Kier molecular flexibility index (Phi) is 3.60. The van der Waals surface area contributed by atoms with Crippen molar-refractivity contribution in [2.45, 2.75) is 38.8 Å². The highest BCUT2D eigenvalue weighted by atomic mass is 14.9. The van der Waals surface area contributed by atoms with Crippen molar-refractivity contribution in [2.75, 3.05) is 0 Å². The number of pyridine rings is 1. The average Bonchev–Trinajstić information content (AvgIpc) is 2.46. The molecule has 1 aromatic heterocycles. The van der Waals surface area contributed by atoms with E-state index in [1.807, 2.05) is 12.3 Å². The SMILES string of the molecule is Cc1cccnc1CNC1CCc2ccccc2C1. The molecule has 2 nitrogen and oxygen atoms in total. The van der Waals surface area contributed by atoms with Gasteiger partial charge in [0.2, 0.25) is 0 Å². The first kappa shape index (κ1) is 12.4. The molecule has 1 aliphatic rings. The third-order valence-corrected chi connectivity index (χ3v) is 4.02. The van der Waals surface area contributed by atoms with Crippen molar-refractivity contribution in [3.63, 3.8) is 0 Å². The molecule has 0 fully saturated rings. The number of nitrogens with zero attached hydrogens (tertiary/aromatic N) is 1. The van der Waals surface area contributed by atoms with E-state index < -0.39 is 0 Å². The monoisotopic (exact) mass is 252 g/mol. The van der Waals surface area contributed by atoms with Gasteiger partial charge in [-0.25, -0.2) is 0 Å². The van der Waals surface area contributed by atoms with Gasteiger partial charge in [-0.2, -0.15) is 0 Å². The van der Waals surface area contributed by atoms with Crippen molar-refractivity contribution >= 4 is 0 Å². The summed E-state index contributed by atoms with van der Waals surface area (Å²) in [6, 6.07) is 13.5. The number of fused-ring (bicyclic) bond motifs is 1. The molecule has 1 aliphatic carbocycles. The maximum Gasteiger partial charge on any atom is 0.0570 e. The lowest BCUT2D eigenvalue weighted by molar-refractivity contribution is 0.454. The van der Waals surface area contributed by atoms with Crippen molar-refractivity contribution < 1.29 is 0 Å². The minimum atomic E-state index is 0.580. The Bertz CT molecular complexity index is 563. The number of aromatic nitrogens is 1. The number of hydrogen-bond acceptors (Lipinski definition) is 2. The summed E-state index contributed by atoms with van der Waals surface area (Å²) in [4.78, 5) is 4.44. The van der Waals surface area contributed by atoms with Crippen LogP contribution < -0.4 is 5.32 Å². The van der Waals surface area contributed by atoms with Crippen LogP contribution in [0.4, 0.5) is 0 Å². The molecule has 0 amide bonds. The molecule has 98 valence electrons. The van der Waals surface area contributed by atoms with Gasteiger partial charge in [-0.3, -0.25) is 4.98 Å². The van der Waals surface area contributed by atoms with E-state index >= 15 is 0 Å². The van der Waals surface area contributed by atoms with Crippen LogP contribution >= 0.6 is 0 Å². The van der Waals surface area contributed by atoms with Gasteiger partial charge in [-0.1, -0.05) is 30.3 Å². The quantitative estimate of drug-likeness (QED) is 0.908. The van der Waals surface area contributed by atoms with E-state index in [1.165, 1.54) is 35.2 Å². The molecule has 0 saturated heterocycles. The lowest BCUT2D eigenvalue weighted by Gasteiger charge is -2.25. The fourth-order valence-electron chi connectivity index (χ4n) is 2.82. The topological polar surface area (TPSA) is 24.9 Å². The van der Waals surface area contributed by atoms with Crippen LogP contribution in [0.3, 0.4) is 0 Å². The summed E-state index contributed by atoms with van der Waals surface area (Å²) in [7, 11) is 0. The summed E-state index contributed by atoms with van der Waals surface area (Å²) >= 11 is 0. The summed E-state index contributed by atoms with van der Waals surface area (Å²) in [6.07, 6.45) is 5.43. The van der Waals surface area contributed by atoms with E-state index in [0.717, 1.165) is 13.0 Å². The van der Waals surface area contributed by atoms with Gasteiger partial charge in [0.05, 0.1) is 5.69 Å². The Morgan fingerprint density at radius 2 is 2.00 bits per heavy atom. The zero-order valence-corrected chi connectivity index (χ0v) is 11.4. The lowest BCUT2D eigenvalue weighted by atomic mass is 9.88. The Labute approximate surface area is 114 Å². The predicted octanol–water partition coefficient (Wildman–Crippen LogP) is 3.04. The fraction of sp³-hybridized carbons (Fsp3) is 0.353. The molecule has 3 rings (SSSR count). The molecule has 1 N–H and O–H groups in total. The Hall–Kier alpha value is -1.67. The fourth-order valence-corrected chi connectivity index (χ4v) is 2.82. The molecule has 1 heterocycles. The van der Waals surface area contributed by atoms with Gasteiger partial charge in [0.1, 0.15) is 0 Å². The molecular weight excluding hydrogens is 232 g/mol. The van der Waals surface area contributed by atoms with Crippen LogP contribution in [0.1, 0.15) is 28.8 Å². The highest BCUT2D eigenvalue weighted by Crippen LogP contribution is 2.21. The average molecular weight is 252 g/mol. The highest BCUT2D eigenvalue weighted by Gasteiger charge is 2.17. The van der Waals surface area contributed by atoms with Crippen molar-refractivity contribution in [3.8, 4) is 0 Å². The zero-order chi connectivity index (χ0) is 13.1. The molecule has 2 aromatic rings. The van der Waals surface area contributed by atoms with Crippen LogP contribution in [-0.4, -0.2) is 11.0 Å². The van der Waals surface area contributed by atoms with Gasteiger partial charge < -0.3 is 5.32 Å². The molecule has 0 spiro atoms. The van der Waals surface area contributed by atoms with Crippen molar-refractivity contribution in [1.29, 1.82) is 0 Å². The van der Waals surface area contributed by atoms with Crippen LogP contribution in [0.15, 0.2) is 42.6 Å². The van der Waals surface area contributed by atoms with Crippen molar-refractivity contribution in [3.05, 3.63) is 65.0 Å². The minimum absolute atomic E-state index is 0.580. The highest BCUT2D eigenvalue weighted by molar-refractivity contribution is 5.30. The summed E-state index contributed by atoms with van der Waals surface area (Å²) in [6.45, 7) is 3.00. The van der Waals surface area contributed by atoms with E-state index in [-0.39, 0.29) is 0 Å². The van der Waals surface area contributed by atoms with E-state index in [0.29, 0.717) is 6.04 Å². The summed E-state index contributed by atoms with van der Waals surface area (Å²) in [5, 5.41) is 3.66. The second kappa shape index (κ2) is 5.54. The molecule has 1 unspecified atom stereocenters. The van der Waals surface area contributed by atoms with E-state index in [9.17, 15) is 0 Å². The van der Waals surface area contributed by atoms with Gasteiger partial charge in [0, 0.05) is 18.8 Å². The van der Waals surface area contributed by atoms with Gasteiger partial charge in [-0.05, 0) is 48.9 Å². The second-order valence-corrected chi connectivity index (χ2v) is 5.36. The molecule has 0 bridgehead atoms. The largest absolute Gasteiger partial charge is 0.308 e. The van der Waals surface area contributed by atoms with E-state index in [2.05, 4.69) is 47.6 Å². The van der Waals surface area contributed by atoms with Gasteiger partial charge in [0.25, 0.3) is 0 Å². The molecule has 2 heteroatoms. The minimum Gasteiger partial charge on any atom is -0.308 e. The van der Waals surface area contributed by atoms with Crippen molar-refractivity contribution in [1.82, 2.24) is 10.3 Å². The molecule has 0 radical (unpaired) electrons. The molecule has 1 aromatic carbocycles. The smallest absolute Gasteiger partial charge is 0.0570 e. The second-order valence-electron chi connectivity index (χ2n) is 5.36. The number of hydrogen-bond donors (Lipinski definition) is 1. The first-order valence-corrected chi connectivity index (χ1v) is 7.03. The Balaban J connectivity index is 1.62. The van der Waals surface area contributed by atoms with Crippen molar-refractivity contribution in [2.24, 2.45) is 0 Å². The maximum absolute atomic E-state index is 4.44. The number of rotatable bonds is 3. The zero-order valence-electron chi connectivity index (χ0n) is 11.4. The molecule has 19 heavy (non-hydrogen) atoms. The third-order valence-electron chi connectivity index (χ3n) is 4.02. The van der Waals surface area contributed by atoms with Crippen LogP contribution in [0, 0.1) is 6.92 Å². The van der Waals surface area contributed by atoms with Crippen LogP contribution in [0.25, 0.3) is 0 Å².